The van der Waals surface area contributed by atoms with Crippen molar-refractivity contribution in [3.05, 3.63) is 60.0 Å². The average molecular weight is 361 g/mol. The Morgan fingerprint density at radius 1 is 1.30 bits per heavy atom. The molecule has 2 aromatic carbocycles. The van der Waals surface area contributed by atoms with Crippen LogP contribution in [0, 0.1) is 17.1 Å². The highest BCUT2D eigenvalue weighted by Gasteiger charge is 2.16. The molecule has 2 heterocycles. The molecule has 1 amide bonds. The smallest absolute Gasteiger partial charge is 0.258 e. The zero-order valence-corrected chi connectivity index (χ0v) is 13.9. The molecule has 4 rings (SSSR count). The molecule has 0 saturated carbocycles. The molecular formula is C19H12FN5O2. The maximum Gasteiger partial charge on any atom is 0.258 e. The lowest BCUT2D eigenvalue weighted by Crippen LogP contribution is -2.17. The number of benzene rings is 2. The van der Waals surface area contributed by atoms with Crippen molar-refractivity contribution >= 4 is 16.8 Å². The van der Waals surface area contributed by atoms with Gasteiger partial charge in [0.2, 0.25) is 11.7 Å². The van der Waals surface area contributed by atoms with Crippen molar-refractivity contribution in [2.24, 2.45) is 5.73 Å². The Labute approximate surface area is 152 Å². The largest absolute Gasteiger partial charge is 0.368 e. The van der Waals surface area contributed by atoms with E-state index in [4.69, 9.17) is 15.5 Å². The van der Waals surface area contributed by atoms with E-state index < -0.39 is 11.7 Å². The number of rotatable bonds is 4. The van der Waals surface area contributed by atoms with E-state index >= 15 is 0 Å². The molecule has 0 unspecified atom stereocenters. The van der Waals surface area contributed by atoms with Gasteiger partial charge in [0.15, 0.2) is 0 Å². The van der Waals surface area contributed by atoms with E-state index in [1.54, 1.807) is 16.8 Å². The number of hydrogen-bond donors (Lipinski definition) is 1. The molecule has 0 aliphatic carbocycles. The van der Waals surface area contributed by atoms with E-state index in [0.717, 1.165) is 10.9 Å². The minimum atomic E-state index is -0.610. The summed E-state index contributed by atoms with van der Waals surface area (Å²) in [6, 6.07) is 13.1. The topological polar surface area (TPSA) is 111 Å². The Morgan fingerprint density at radius 2 is 2.15 bits per heavy atom. The van der Waals surface area contributed by atoms with Gasteiger partial charge in [-0.05, 0) is 30.3 Å². The fourth-order valence-electron chi connectivity index (χ4n) is 2.92. The highest BCUT2D eigenvalue weighted by Crippen LogP contribution is 2.29. The average Bonchev–Trinajstić information content (AvgIpc) is 3.29. The third-order valence-electron chi connectivity index (χ3n) is 4.14. The number of carbonyl (C=O) groups is 1. The van der Waals surface area contributed by atoms with Crippen LogP contribution in [0.3, 0.4) is 0 Å². The standard InChI is InChI=1S/C19H12FN5O2/c20-15-5-4-11(8-12(15)9-21)19-23-18(24-27-19)14-2-1-3-16-13(14)6-7-25(16)10-17(22)26/h1-8H,10H2,(H2,22,26). The van der Waals surface area contributed by atoms with Crippen LogP contribution in [0.4, 0.5) is 4.39 Å². The zero-order valence-electron chi connectivity index (χ0n) is 13.9. The normalized spacial score (nSPS) is 10.8. The van der Waals surface area contributed by atoms with E-state index in [1.807, 2.05) is 24.3 Å². The minimum Gasteiger partial charge on any atom is -0.368 e. The first kappa shape index (κ1) is 16.5. The molecule has 8 heteroatoms. The first-order chi connectivity index (χ1) is 13.1. The summed E-state index contributed by atoms with van der Waals surface area (Å²) in [6.45, 7) is 0.0664. The first-order valence-corrected chi connectivity index (χ1v) is 7.97. The number of amides is 1. The van der Waals surface area contributed by atoms with Crippen LogP contribution >= 0.6 is 0 Å². The van der Waals surface area contributed by atoms with Crippen molar-refractivity contribution in [2.75, 3.05) is 0 Å². The van der Waals surface area contributed by atoms with Gasteiger partial charge in [-0.2, -0.15) is 10.2 Å². The van der Waals surface area contributed by atoms with Crippen molar-refractivity contribution in [1.29, 1.82) is 5.26 Å². The van der Waals surface area contributed by atoms with Crippen LogP contribution in [-0.2, 0) is 11.3 Å². The number of nitrogens with two attached hydrogens (primary N) is 1. The maximum absolute atomic E-state index is 13.5. The highest BCUT2D eigenvalue weighted by atomic mass is 19.1. The molecular weight excluding hydrogens is 349 g/mol. The molecule has 0 aliphatic heterocycles. The molecule has 0 radical (unpaired) electrons. The zero-order chi connectivity index (χ0) is 19.0. The minimum absolute atomic E-state index is 0.0664. The third kappa shape index (κ3) is 2.91. The second-order valence-corrected chi connectivity index (χ2v) is 5.88. The summed E-state index contributed by atoms with van der Waals surface area (Å²) in [7, 11) is 0. The van der Waals surface area contributed by atoms with Gasteiger partial charge in [0, 0.05) is 28.2 Å². The molecule has 2 N–H and O–H groups in total. The molecule has 27 heavy (non-hydrogen) atoms. The van der Waals surface area contributed by atoms with Crippen molar-refractivity contribution in [3.63, 3.8) is 0 Å². The summed E-state index contributed by atoms with van der Waals surface area (Å²) in [5.41, 5.74) is 7.15. The van der Waals surface area contributed by atoms with Gasteiger partial charge in [-0.3, -0.25) is 4.79 Å². The summed E-state index contributed by atoms with van der Waals surface area (Å²) in [4.78, 5) is 15.6. The summed E-state index contributed by atoms with van der Waals surface area (Å²) in [6.07, 6.45) is 1.76. The van der Waals surface area contributed by atoms with Gasteiger partial charge in [-0.25, -0.2) is 4.39 Å². The Hall–Kier alpha value is -3.99. The Kier molecular flexibility index (Phi) is 3.90. The van der Waals surface area contributed by atoms with Crippen molar-refractivity contribution in [2.45, 2.75) is 6.54 Å². The van der Waals surface area contributed by atoms with E-state index in [1.165, 1.54) is 18.2 Å². The molecule has 7 nitrogen and oxygen atoms in total. The van der Waals surface area contributed by atoms with Crippen molar-refractivity contribution in [1.82, 2.24) is 14.7 Å². The Bertz CT molecular complexity index is 1220. The highest BCUT2D eigenvalue weighted by molar-refractivity contribution is 5.94. The van der Waals surface area contributed by atoms with Crippen molar-refractivity contribution in [3.8, 4) is 28.9 Å². The molecule has 4 aromatic rings. The number of halogens is 1. The molecule has 0 atom stereocenters. The second-order valence-electron chi connectivity index (χ2n) is 5.88. The number of carbonyl (C=O) groups excluding carboxylic acids is 1. The van der Waals surface area contributed by atoms with Gasteiger partial charge in [0.05, 0.1) is 5.56 Å². The number of fused-ring (bicyclic) bond motifs is 1. The van der Waals surface area contributed by atoms with Crippen LogP contribution < -0.4 is 5.73 Å². The summed E-state index contributed by atoms with van der Waals surface area (Å²) < 4.78 is 20.5. The summed E-state index contributed by atoms with van der Waals surface area (Å²) in [5.74, 6) is -0.531. The molecule has 2 aromatic heterocycles. The first-order valence-electron chi connectivity index (χ1n) is 7.97. The quantitative estimate of drug-likeness (QED) is 0.601. The van der Waals surface area contributed by atoms with E-state index in [-0.39, 0.29) is 18.0 Å². The number of nitrogens with zero attached hydrogens (tertiary/aromatic N) is 4. The van der Waals surface area contributed by atoms with E-state index in [0.29, 0.717) is 17.0 Å². The van der Waals surface area contributed by atoms with Crippen LogP contribution in [0.15, 0.2) is 53.2 Å². The van der Waals surface area contributed by atoms with Crippen LogP contribution in [0.1, 0.15) is 5.56 Å². The van der Waals surface area contributed by atoms with Crippen molar-refractivity contribution < 1.29 is 13.7 Å². The third-order valence-corrected chi connectivity index (χ3v) is 4.14. The molecule has 132 valence electrons. The van der Waals surface area contributed by atoms with Gasteiger partial charge in [-0.15, -0.1) is 0 Å². The molecule has 0 saturated heterocycles. The lowest BCUT2D eigenvalue weighted by molar-refractivity contribution is -0.118. The van der Waals surface area contributed by atoms with Gasteiger partial charge in [-0.1, -0.05) is 17.3 Å². The molecule has 0 fully saturated rings. The SMILES string of the molecule is N#Cc1cc(-c2nc(-c3cccc4c3ccn4CC(N)=O)no2)ccc1F. The predicted molar refractivity (Wildman–Crippen MR) is 94.5 cm³/mol. The van der Waals surface area contributed by atoms with Gasteiger partial charge in [0.25, 0.3) is 5.89 Å². The predicted octanol–water partition coefficient (Wildman–Crippen LogP) is 2.85. The van der Waals surface area contributed by atoms with E-state index in [9.17, 15) is 9.18 Å². The van der Waals surface area contributed by atoms with Gasteiger partial charge >= 0.3 is 0 Å². The number of aromatic nitrogens is 3. The van der Waals surface area contributed by atoms with Crippen LogP contribution in [0.2, 0.25) is 0 Å². The summed E-state index contributed by atoms with van der Waals surface area (Å²) >= 11 is 0. The maximum atomic E-state index is 13.5. The number of nitriles is 1. The monoisotopic (exact) mass is 361 g/mol. The van der Waals surface area contributed by atoms with Crippen LogP contribution in [0.5, 0.6) is 0 Å². The van der Waals surface area contributed by atoms with Crippen LogP contribution in [-0.4, -0.2) is 20.6 Å². The molecule has 0 spiro atoms. The lowest BCUT2D eigenvalue weighted by atomic mass is 10.1. The number of hydrogen-bond acceptors (Lipinski definition) is 5. The van der Waals surface area contributed by atoms with Gasteiger partial charge < -0.3 is 14.8 Å². The molecule has 0 aliphatic rings. The van der Waals surface area contributed by atoms with E-state index in [2.05, 4.69) is 10.1 Å². The second kappa shape index (κ2) is 6.38. The van der Waals surface area contributed by atoms with Gasteiger partial charge in [0.1, 0.15) is 18.4 Å². The fourth-order valence-corrected chi connectivity index (χ4v) is 2.92. The Morgan fingerprint density at radius 3 is 2.93 bits per heavy atom. The summed E-state index contributed by atoms with van der Waals surface area (Å²) in [5, 5.41) is 13.8. The molecule has 0 bridgehead atoms. The Balaban J connectivity index is 1.77. The number of primary amides is 1. The lowest BCUT2D eigenvalue weighted by Gasteiger charge is -2.03. The van der Waals surface area contributed by atoms with Crippen LogP contribution in [0.25, 0.3) is 33.7 Å². The fraction of sp³-hybridized carbons (Fsp3) is 0.0526.